The van der Waals surface area contributed by atoms with E-state index in [1.807, 2.05) is 13.0 Å². The van der Waals surface area contributed by atoms with E-state index in [-0.39, 0.29) is 24.2 Å². The van der Waals surface area contributed by atoms with Gasteiger partial charge in [0.1, 0.15) is 0 Å². The van der Waals surface area contributed by atoms with Crippen LogP contribution in [0.4, 0.5) is 5.69 Å². The predicted octanol–water partition coefficient (Wildman–Crippen LogP) is 2.49. The molecule has 1 heterocycles. The van der Waals surface area contributed by atoms with Crippen LogP contribution in [0.3, 0.4) is 0 Å². The predicted molar refractivity (Wildman–Crippen MR) is 95.3 cm³/mol. The summed E-state index contributed by atoms with van der Waals surface area (Å²) in [6.45, 7) is 4.02. The molecule has 1 aromatic carbocycles. The summed E-state index contributed by atoms with van der Waals surface area (Å²) >= 11 is 0. The first-order valence-corrected chi connectivity index (χ1v) is 7.93. The van der Waals surface area contributed by atoms with Gasteiger partial charge in [0.25, 0.3) is 5.91 Å². The van der Waals surface area contributed by atoms with E-state index in [1.54, 1.807) is 19.2 Å². The molecule has 0 radical (unpaired) electrons. The Balaban J connectivity index is 0.00000264. The Morgan fingerprint density at radius 1 is 1.26 bits per heavy atom. The summed E-state index contributed by atoms with van der Waals surface area (Å²) in [6, 6.07) is 5.48. The highest BCUT2D eigenvalue weighted by molar-refractivity contribution is 6.03. The zero-order valence-corrected chi connectivity index (χ0v) is 14.6. The highest BCUT2D eigenvalue weighted by atomic mass is 35.5. The van der Waals surface area contributed by atoms with E-state index in [9.17, 15) is 9.59 Å². The van der Waals surface area contributed by atoms with Crippen LogP contribution in [0.2, 0.25) is 0 Å². The summed E-state index contributed by atoms with van der Waals surface area (Å²) in [5.41, 5.74) is 2.09. The largest absolute Gasteiger partial charge is 0.355 e. The maximum Gasteiger partial charge on any atom is 0.253 e. The van der Waals surface area contributed by atoms with Gasteiger partial charge in [-0.05, 0) is 57.3 Å². The molecule has 5 nitrogen and oxygen atoms in total. The second kappa shape index (κ2) is 9.53. The molecule has 6 heteroatoms. The Labute approximate surface area is 144 Å². The van der Waals surface area contributed by atoms with Crippen molar-refractivity contribution in [3.8, 4) is 0 Å². The van der Waals surface area contributed by atoms with Gasteiger partial charge in [-0.2, -0.15) is 0 Å². The molecule has 0 bridgehead atoms. The first-order valence-electron chi connectivity index (χ1n) is 7.93. The first-order chi connectivity index (χ1) is 10.6. The number of rotatable bonds is 5. The lowest BCUT2D eigenvalue weighted by Crippen LogP contribution is -2.28. The van der Waals surface area contributed by atoms with Crippen LogP contribution in [0.1, 0.15) is 41.6 Å². The maximum atomic E-state index is 12.1. The topological polar surface area (TPSA) is 70.2 Å². The van der Waals surface area contributed by atoms with Gasteiger partial charge in [-0.25, -0.2) is 0 Å². The van der Waals surface area contributed by atoms with E-state index in [1.165, 1.54) is 0 Å². The molecule has 3 N–H and O–H groups in total. The minimum absolute atomic E-state index is 0. The second-order valence-corrected chi connectivity index (χ2v) is 5.91. The number of carbonyl (C=O) groups excluding carboxylic acids is 2. The quantitative estimate of drug-likeness (QED) is 0.772. The highest BCUT2D eigenvalue weighted by Crippen LogP contribution is 2.20. The molecule has 0 spiro atoms. The van der Waals surface area contributed by atoms with Crippen molar-refractivity contribution in [3.63, 3.8) is 0 Å². The van der Waals surface area contributed by atoms with Gasteiger partial charge in [-0.3, -0.25) is 9.59 Å². The third kappa shape index (κ3) is 5.84. The third-order valence-corrected chi connectivity index (χ3v) is 4.16. The van der Waals surface area contributed by atoms with Gasteiger partial charge in [-0.1, -0.05) is 11.6 Å². The SMILES string of the molecule is CNC(=O)c1cc(C)ccc1NC(=O)CCC1CCNCC1.Cl. The number of anilines is 1. The van der Waals surface area contributed by atoms with Crippen LogP contribution >= 0.6 is 12.4 Å². The lowest BCUT2D eigenvalue weighted by atomic mass is 9.93. The molecular formula is C17H26ClN3O2. The van der Waals surface area contributed by atoms with Crippen molar-refractivity contribution in [2.24, 2.45) is 5.92 Å². The second-order valence-electron chi connectivity index (χ2n) is 5.91. The van der Waals surface area contributed by atoms with E-state index < -0.39 is 0 Å². The van der Waals surface area contributed by atoms with Gasteiger partial charge in [0.15, 0.2) is 0 Å². The summed E-state index contributed by atoms with van der Waals surface area (Å²) in [5.74, 6) is 0.424. The fourth-order valence-electron chi connectivity index (χ4n) is 2.81. The number of piperidine rings is 1. The minimum atomic E-state index is -0.183. The lowest BCUT2D eigenvalue weighted by molar-refractivity contribution is -0.116. The molecule has 2 amide bonds. The number of hydrogen-bond donors (Lipinski definition) is 3. The average molecular weight is 340 g/mol. The van der Waals surface area contributed by atoms with Crippen molar-refractivity contribution in [2.45, 2.75) is 32.6 Å². The van der Waals surface area contributed by atoms with Gasteiger partial charge in [0.2, 0.25) is 5.91 Å². The molecular weight excluding hydrogens is 314 g/mol. The van der Waals surface area contributed by atoms with Crippen molar-refractivity contribution < 1.29 is 9.59 Å². The molecule has 1 saturated heterocycles. The Hall–Kier alpha value is -1.59. The Kier molecular flexibility index (Phi) is 8.06. The number of halogens is 1. The van der Waals surface area contributed by atoms with E-state index >= 15 is 0 Å². The number of aryl methyl sites for hydroxylation is 1. The van der Waals surface area contributed by atoms with Gasteiger partial charge >= 0.3 is 0 Å². The van der Waals surface area contributed by atoms with Crippen LogP contribution in [0.15, 0.2) is 18.2 Å². The van der Waals surface area contributed by atoms with Gasteiger partial charge in [0, 0.05) is 13.5 Å². The molecule has 0 aromatic heterocycles. The minimum Gasteiger partial charge on any atom is -0.355 e. The average Bonchev–Trinajstić information content (AvgIpc) is 2.55. The Bertz CT molecular complexity index is 543. The van der Waals surface area contributed by atoms with Gasteiger partial charge < -0.3 is 16.0 Å². The number of hydrogen-bond acceptors (Lipinski definition) is 3. The highest BCUT2D eigenvalue weighted by Gasteiger charge is 2.16. The van der Waals surface area contributed by atoms with Crippen LogP contribution in [-0.4, -0.2) is 32.0 Å². The molecule has 128 valence electrons. The summed E-state index contributed by atoms with van der Waals surface area (Å²) in [4.78, 5) is 24.0. The molecule has 23 heavy (non-hydrogen) atoms. The van der Waals surface area contributed by atoms with Gasteiger partial charge in [-0.15, -0.1) is 12.4 Å². The summed E-state index contributed by atoms with van der Waals surface area (Å²) in [6.07, 6.45) is 3.70. The number of nitrogens with one attached hydrogen (secondary N) is 3. The van der Waals surface area contributed by atoms with Crippen LogP contribution in [0.5, 0.6) is 0 Å². The molecule has 2 rings (SSSR count). The number of benzene rings is 1. The van der Waals surface area contributed by atoms with Crippen LogP contribution in [0.25, 0.3) is 0 Å². The standard InChI is InChI=1S/C17H25N3O2.ClH/c1-12-3-5-15(14(11-12)17(22)18-2)20-16(21)6-4-13-7-9-19-10-8-13;/h3,5,11,13,19H,4,6-10H2,1-2H3,(H,18,22)(H,20,21);1H. The molecule has 0 atom stereocenters. The molecule has 1 fully saturated rings. The summed E-state index contributed by atoms with van der Waals surface area (Å²) in [5, 5.41) is 8.81. The zero-order chi connectivity index (χ0) is 15.9. The van der Waals surface area contributed by atoms with E-state index in [4.69, 9.17) is 0 Å². The number of amides is 2. The summed E-state index contributed by atoms with van der Waals surface area (Å²) in [7, 11) is 1.59. The monoisotopic (exact) mass is 339 g/mol. The fraction of sp³-hybridized carbons (Fsp3) is 0.529. The molecule has 1 aliphatic rings. The lowest BCUT2D eigenvalue weighted by Gasteiger charge is -2.22. The molecule has 1 aliphatic heterocycles. The molecule has 0 saturated carbocycles. The number of carbonyl (C=O) groups is 2. The summed E-state index contributed by atoms with van der Waals surface area (Å²) < 4.78 is 0. The van der Waals surface area contributed by atoms with Crippen molar-refractivity contribution in [1.82, 2.24) is 10.6 Å². The molecule has 1 aromatic rings. The maximum absolute atomic E-state index is 12.1. The normalized spacial score (nSPS) is 14.7. The Morgan fingerprint density at radius 3 is 2.61 bits per heavy atom. The van der Waals surface area contributed by atoms with E-state index in [2.05, 4.69) is 16.0 Å². The van der Waals surface area contributed by atoms with Crippen molar-refractivity contribution in [2.75, 3.05) is 25.5 Å². The molecule has 0 aliphatic carbocycles. The van der Waals surface area contributed by atoms with E-state index in [0.29, 0.717) is 23.6 Å². The van der Waals surface area contributed by atoms with Crippen LogP contribution in [-0.2, 0) is 4.79 Å². The van der Waals surface area contributed by atoms with Crippen molar-refractivity contribution in [1.29, 1.82) is 0 Å². The zero-order valence-electron chi connectivity index (χ0n) is 13.8. The van der Waals surface area contributed by atoms with Crippen LogP contribution < -0.4 is 16.0 Å². The smallest absolute Gasteiger partial charge is 0.253 e. The van der Waals surface area contributed by atoms with Crippen molar-refractivity contribution in [3.05, 3.63) is 29.3 Å². The van der Waals surface area contributed by atoms with E-state index in [0.717, 1.165) is 37.9 Å². The third-order valence-electron chi connectivity index (χ3n) is 4.16. The van der Waals surface area contributed by atoms with Crippen molar-refractivity contribution >= 4 is 29.9 Å². The fourth-order valence-corrected chi connectivity index (χ4v) is 2.81. The van der Waals surface area contributed by atoms with Crippen LogP contribution in [0, 0.1) is 12.8 Å². The Morgan fingerprint density at radius 2 is 1.96 bits per heavy atom. The first kappa shape index (κ1) is 19.5. The molecule has 0 unspecified atom stereocenters. The van der Waals surface area contributed by atoms with Gasteiger partial charge in [0.05, 0.1) is 11.3 Å².